The normalized spacial score (nSPS) is 20.3. The molecule has 0 spiro atoms. The third kappa shape index (κ3) is 4.13. The summed E-state index contributed by atoms with van der Waals surface area (Å²) in [5.74, 6) is 1.16. The molecule has 1 aliphatic heterocycles. The van der Waals surface area contributed by atoms with Crippen LogP contribution in [-0.2, 0) is 11.3 Å². The van der Waals surface area contributed by atoms with E-state index in [2.05, 4.69) is 20.5 Å². The molecule has 8 heteroatoms. The third-order valence-electron chi connectivity index (χ3n) is 4.50. The zero-order valence-electron chi connectivity index (χ0n) is 15.2. The number of furan rings is 1. The van der Waals surface area contributed by atoms with Gasteiger partial charge in [0.15, 0.2) is 0 Å². The van der Waals surface area contributed by atoms with E-state index in [-0.39, 0.29) is 23.9 Å². The van der Waals surface area contributed by atoms with Gasteiger partial charge in [-0.25, -0.2) is 4.98 Å². The predicted molar refractivity (Wildman–Crippen MR) is 99.0 cm³/mol. The van der Waals surface area contributed by atoms with Crippen molar-refractivity contribution in [2.45, 2.75) is 45.8 Å². The first kappa shape index (κ1) is 18.6. The maximum Gasteiger partial charge on any atom is 0.255 e. The molecular weight excluding hydrogens is 352 g/mol. The Morgan fingerprint density at radius 1 is 1.42 bits per heavy atom. The third-order valence-corrected chi connectivity index (χ3v) is 5.26. The van der Waals surface area contributed by atoms with Gasteiger partial charge in [0.1, 0.15) is 16.5 Å². The van der Waals surface area contributed by atoms with Crippen molar-refractivity contribution in [1.29, 1.82) is 0 Å². The average molecular weight is 376 g/mol. The number of carbonyl (C=O) groups excluding carboxylic acids is 2. The van der Waals surface area contributed by atoms with Gasteiger partial charge in [-0.2, -0.15) is 0 Å². The Labute approximate surface area is 156 Å². The van der Waals surface area contributed by atoms with E-state index < -0.39 is 0 Å². The highest BCUT2D eigenvalue weighted by Crippen LogP contribution is 2.23. The van der Waals surface area contributed by atoms with Crippen molar-refractivity contribution in [1.82, 2.24) is 20.5 Å². The Morgan fingerprint density at radius 2 is 2.23 bits per heavy atom. The number of aromatic nitrogens is 1. The summed E-state index contributed by atoms with van der Waals surface area (Å²) in [6.07, 6.45) is 2.35. The van der Waals surface area contributed by atoms with Gasteiger partial charge in [-0.05, 0) is 33.3 Å². The van der Waals surface area contributed by atoms with Gasteiger partial charge in [0.05, 0.1) is 18.2 Å². The van der Waals surface area contributed by atoms with E-state index in [1.165, 1.54) is 0 Å². The molecule has 0 aliphatic carbocycles. The van der Waals surface area contributed by atoms with E-state index >= 15 is 0 Å². The number of likely N-dealkylation sites (N-methyl/N-ethyl adjacent to an activating group) is 1. The summed E-state index contributed by atoms with van der Waals surface area (Å²) in [5.41, 5.74) is 0.551. The quantitative estimate of drug-likeness (QED) is 0.804. The minimum Gasteiger partial charge on any atom is -0.466 e. The molecule has 0 bridgehead atoms. The molecule has 26 heavy (non-hydrogen) atoms. The zero-order chi connectivity index (χ0) is 18.7. The second-order valence-corrected chi connectivity index (χ2v) is 7.48. The zero-order valence-corrected chi connectivity index (χ0v) is 16.1. The van der Waals surface area contributed by atoms with E-state index in [1.807, 2.05) is 19.2 Å². The SMILES string of the molecule is CCNC(=O)C1CC(NC(=O)c2cc(C)oc2C)CN1Cc1nccs1. The van der Waals surface area contributed by atoms with Gasteiger partial charge >= 0.3 is 0 Å². The van der Waals surface area contributed by atoms with Crippen molar-refractivity contribution >= 4 is 23.2 Å². The second-order valence-electron chi connectivity index (χ2n) is 6.50. The molecule has 2 atom stereocenters. The van der Waals surface area contributed by atoms with Crippen LogP contribution in [0.1, 0.15) is 40.2 Å². The number of rotatable bonds is 6. The van der Waals surface area contributed by atoms with Crippen LogP contribution in [0.25, 0.3) is 0 Å². The van der Waals surface area contributed by atoms with Gasteiger partial charge in [-0.1, -0.05) is 0 Å². The van der Waals surface area contributed by atoms with Crippen molar-refractivity contribution in [3.63, 3.8) is 0 Å². The largest absolute Gasteiger partial charge is 0.466 e. The van der Waals surface area contributed by atoms with Crippen molar-refractivity contribution in [3.8, 4) is 0 Å². The Hall–Kier alpha value is -2.19. The molecule has 2 aromatic heterocycles. The van der Waals surface area contributed by atoms with Gasteiger partial charge in [0.25, 0.3) is 5.91 Å². The monoisotopic (exact) mass is 376 g/mol. The summed E-state index contributed by atoms with van der Waals surface area (Å²) in [7, 11) is 0. The number of carbonyl (C=O) groups is 2. The minimum atomic E-state index is -0.267. The fraction of sp³-hybridized carbons (Fsp3) is 0.500. The Morgan fingerprint density at radius 3 is 2.85 bits per heavy atom. The summed E-state index contributed by atoms with van der Waals surface area (Å²) >= 11 is 1.57. The molecular formula is C18H24N4O3S. The molecule has 2 N–H and O–H groups in total. The van der Waals surface area contributed by atoms with E-state index in [1.54, 1.807) is 30.5 Å². The molecule has 7 nitrogen and oxygen atoms in total. The van der Waals surface area contributed by atoms with Crippen LogP contribution < -0.4 is 10.6 Å². The van der Waals surface area contributed by atoms with Crippen LogP contribution in [0.5, 0.6) is 0 Å². The Kier molecular flexibility index (Phi) is 5.73. The van der Waals surface area contributed by atoms with E-state index in [0.29, 0.717) is 43.1 Å². The summed E-state index contributed by atoms with van der Waals surface area (Å²) < 4.78 is 5.44. The lowest BCUT2D eigenvalue weighted by Gasteiger charge is -2.22. The molecule has 1 saturated heterocycles. The Bertz CT molecular complexity index is 772. The van der Waals surface area contributed by atoms with Gasteiger partial charge in [0, 0.05) is 30.7 Å². The fourth-order valence-corrected chi connectivity index (χ4v) is 4.01. The van der Waals surface area contributed by atoms with Crippen LogP contribution in [0.4, 0.5) is 0 Å². The number of thiazole rings is 1. The molecule has 1 fully saturated rings. The average Bonchev–Trinajstić information content (AvgIpc) is 3.29. The number of likely N-dealkylation sites (tertiary alicyclic amines) is 1. The molecule has 0 aromatic carbocycles. The molecule has 2 aromatic rings. The first-order valence-corrected chi connectivity index (χ1v) is 9.64. The highest BCUT2D eigenvalue weighted by Gasteiger charge is 2.37. The highest BCUT2D eigenvalue weighted by molar-refractivity contribution is 7.09. The van der Waals surface area contributed by atoms with Crippen molar-refractivity contribution in [2.75, 3.05) is 13.1 Å². The van der Waals surface area contributed by atoms with Crippen LogP contribution in [0.15, 0.2) is 22.1 Å². The molecule has 3 heterocycles. The lowest BCUT2D eigenvalue weighted by Crippen LogP contribution is -2.42. The number of hydrogen-bond acceptors (Lipinski definition) is 6. The molecule has 2 amide bonds. The van der Waals surface area contributed by atoms with Crippen molar-refractivity contribution in [3.05, 3.63) is 39.7 Å². The van der Waals surface area contributed by atoms with E-state index in [9.17, 15) is 9.59 Å². The number of hydrogen-bond donors (Lipinski definition) is 2. The van der Waals surface area contributed by atoms with Gasteiger partial charge in [-0.3, -0.25) is 14.5 Å². The summed E-state index contributed by atoms with van der Waals surface area (Å²) in [4.78, 5) is 31.4. The van der Waals surface area contributed by atoms with Gasteiger partial charge < -0.3 is 15.1 Å². The molecule has 2 unspecified atom stereocenters. The smallest absolute Gasteiger partial charge is 0.255 e. The van der Waals surface area contributed by atoms with Crippen molar-refractivity contribution < 1.29 is 14.0 Å². The predicted octanol–water partition coefficient (Wildman–Crippen LogP) is 1.86. The molecule has 0 saturated carbocycles. The number of nitrogens with one attached hydrogen (secondary N) is 2. The summed E-state index contributed by atoms with van der Waals surface area (Å²) in [6.45, 7) is 7.31. The second kappa shape index (κ2) is 8.01. The highest BCUT2D eigenvalue weighted by atomic mass is 32.1. The number of amides is 2. The Balaban J connectivity index is 1.69. The van der Waals surface area contributed by atoms with E-state index in [4.69, 9.17) is 4.42 Å². The number of nitrogens with zero attached hydrogens (tertiary/aromatic N) is 2. The van der Waals surface area contributed by atoms with Crippen molar-refractivity contribution in [2.24, 2.45) is 0 Å². The van der Waals surface area contributed by atoms with Gasteiger partial charge in [0.2, 0.25) is 5.91 Å². The molecule has 140 valence electrons. The maximum atomic E-state index is 12.6. The standard InChI is InChI=1S/C18H24N4O3S/c1-4-19-18(24)15-8-13(9-22(15)10-16-20-5-6-26-16)21-17(23)14-7-11(2)25-12(14)3/h5-7,13,15H,4,8-10H2,1-3H3,(H,19,24)(H,21,23). The summed E-state index contributed by atoms with van der Waals surface area (Å²) in [5, 5.41) is 8.83. The van der Waals surface area contributed by atoms with Crippen LogP contribution in [0.2, 0.25) is 0 Å². The minimum absolute atomic E-state index is 0.00357. The molecule has 3 rings (SSSR count). The van der Waals surface area contributed by atoms with Crippen LogP contribution in [-0.4, -0.2) is 46.9 Å². The van der Waals surface area contributed by atoms with E-state index in [0.717, 1.165) is 5.01 Å². The fourth-order valence-electron chi connectivity index (χ4n) is 3.37. The lowest BCUT2D eigenvalue weighted by molar-refractivity contribution is -0.125. The maximum absolute atomic E-state index is 12.6. The lowest BCUT2D eigenvalue weighted by atomic mass is 10.1. The van der Waals surface area contributed by atoms with Crippen LogP contribution in [0.3, 0.4) is 0 Å². The topological polar surface area (TPSA) is 87.5 Å². The van der Waals surface area contributed by atoms with Crippen LogP contribution >= 0.6 is 11.3 Å². The first-order valence-electron chi connectivity index (χ1n) is 8.76. The molecule has 0 radical (unpaired) electrons. The number of aryl methyl sites for hydroxylation is 2. The van der Waals surface area contributed by atoms with Gasteiger partial charge in [-0.15, -0.1) is 11.3 Å². The van der Waals surface area contributed by atoms with Crippen LogP contribution in [0, 0.1) is 13.8 Å². The molecule has 1 aliphatic rings. The summed E-state index contributed by atoms with van der Waals surface area (Å²) in [6, 6.07) is 1.38. The first-order chi connectivity index (χ1) is 12.5.